The lowest BCUT2D eigenvalue weighted by molar-refractivity contribution is 0.301. The van der Waals surface area contributed by atoms with E-state index in [-0.39, 0.29) is 11.3 Å². The Kier molecular flexibility index (Phi) is 5.95. The van der Waals surface area contributed by atoms with Crippen LogP contribution >= 0.6 is 0 Å². The minimum absolute atomic E-state index is 0.0837. The molecule has 1 atom stereocenters. The fraction of sp³-hybridized carbons (Fsp3) is 0.292. The highest BCUT2D eigenvalue weighted by molar-refractivity contribution is 5.76. The number of aromatic hydroxyl groups is 1. The topological polar surface area (TPSA) is 48.4 Å². The van der Waals surface area contributed by atoms with E-state index in [1.165, 1.54) is 18.9 Å². The Morgan fingerprint density at radius 1 is 1.10 bits per heavy atom. The molecular weight excluding hydrogens is 384 g/mol. The zero-order chi connectivity index (χ0) is 21.1. The Morgan fingerprint density at radius 3 is 2.67 bits per heavy atom. The monoisotopic (exact) mass is 409 g/mol. The SMILES string of the molecule is CN1CCCC1CCNc1cc(-c2cccc(F)c2F)cc(-c2ccccc2O)n1. The lowest BCUT2D eigenvalue weighted by atomic mass is 10.0. The zero-order valence-corrected chi connectivity index (χ0v) is 16.9. The van der Waals surface area contributed by atoms with Crippen LogP contribution in [0.1, 0.15) is 19.3 Å². The van der Waals surface area contributed by atoms with Crippen molar-refractivity contribution in [1.82, 2.24) is 9.88 Å². The summed E-state index contributed by atoms with van der Waals surface area (Å²) in [6.45, 7) is 1.84. The smallest absolute Gasteiger partial charge is 0.166 e. The highest BCUT2D eigenvalue weighted by Crippen LogP contribution is 2.33. The number of rotatable bonds is 6. The van der Waals surface area contributed by atoms with E-state index >= 15 is 0 Å². The van der Waals surface area contributed by atoms with Crippen LogP contribution in [0.4, 0.5) is 14.6 Å². The first-order chi connectivity index (χ1) is 14.5. The summed E-state index contributed by atoms with van der Waals surface area (Å²) in [6.07, 6.45) is 3.37. The van der Waals surface area contributed by atoms with E-state index in [9.17, 15) is 13.9 Å². The molecule has 2 aromatic carbocycles. The number of aromatic nitrogens is 1. The van der Waals surface area contributed by atoms with E-state index in [1.54, 1.807) is 42.5 Å². The van der Waals surface area contributed by atoms with Crippen LogP contribution in [0.2, 0.25) is 0 Å². The number of phenols is 1. The van der Waals surface area contributed by atoms with Crippen molar-refractivity contribution in [2.45, 2.75) is 25.3 Å². The van der Waals surface area contributed by atoms with Crippen LogP contribution < -0.4 is 5.32 Å². The molecule has 6 heteroatoms. The van der Waals surface area contributed by atoms with Crippen LogP contribution in [-0.2, 0) is 0 Å². The number of phenolic OH excluding ortho intramolecular Hbond substituents is 1. The van der Waals surface area contributed by atoms with Gasteiger partial charge in [-0.25, -0.2) is 13.8 Å². The fourth-order valence-electron chi connectivity index (χ4n) is 4.04. The van der Waals surface area contributed by atoms with Crippen molar-refractivity contribution in [2.75, 3.05) is 25.5 Å². The molecule has 0 radical (unpaired) electrons. The molecule has 1 aromatic heterocycles. The average molecular weight is 409 g/mol. The van der Waals surface area contributed by atoms with E-state index in [0.717, 1.165) is 25.6 Å². The second-order valence-corrected chi connectivity index (χ2v) is 7.74. The first-order valence-electron chi connectivity index (χ1n) is 10.2. The largest absolute Gasteiger partial charge is 0.507 e. The average Bonchev–Trinajstić information content (AvgIpc) is 3.15. The summed E-state index contributed by atoms with van der Waals surface area (Å²) in [5, 5.41) is 13.6. The standard InChI is InChI=1S/C24H25F2N3O/c1-29-13-5-6-17(29)11-12-27-23-15-16(18-8-4-9-20(25)24(18)26)14-21(28-23)19-7-2-3-10-22(19)30/h2-4,7-10,14-15,17,30H,5-6,11-13H2,1H3,(H,27,28). The number of likely N-dealkylation sites (tertiary alicyclic amines) is 1. The molecule has 4 nitrogen and oxygen atoms in total. The molecule has 0 spiro atoms. The van der Waals surface area contributed by atoms with Gasteiger partial charge in [0.05, 0.1) is 5.69 Å². The third-order valence-corrected chi connectivity index (χ3v) is 5.72. The third-order valence-electron chi connectivity index (χ3n) is 5.72. The molecule has 0 aliphatic carbocycles. The Bertz CT molecular complexity index is 1040. The van der Waals surface area contributed by atoms with Crippen molar-refractivity contribution in [3.63, 3.8) is 0 Å². The molecule has 1 aliphatic rings. The molecule has 1 saturated heterocycles. The molecule has 2 N–H and O–H groups in total. The Hall–Kier alpha value is -2.99. The van der Waals surface area contributed by atoms with E-state index in [4.69, 9.17) is 0 Å². The maximum Gasteiger partial charge on any atom is 0.166 e. The normalized spacial score (nSPS) is 16.7. The second kappa shape index (κ2) is 8.79. The lowest BCUT2D eigenvalue weighted by Gasteiger charge is -2.19. The predicted molar refractivity (Wildman–Crippen MR) is 115 cm³/mol. The number of anilines is 1. The summed E-state index contributed by atoms with van der Waals surface area (Å²) in [4.78, 5) is 6.99. The minimum atomic E-state index is -0.898. The third kappa shape index (κ3) is 4.28. The number of pyridine rings is 1. The summed E-state index contributed by atoms with van der Waals surface area (Å²) in [5.41, 5.74) is 1.69. The van der Waals surface area contributed by atoms with Gasteiger partial charge in [0.2, 0.25) is 0 Å². The molecule has 156 valence electrons. The van der Waals surface area contributed by atoms with Gasteiger partial charge in [-0.2, -0.15) is 0 Å². The summed E-state index contributed by atoms with van der Waals surface area (Å²) in [5.74, 6) is -1.15. The van der Waals surface area contributed by atoms with Gasteiger partial charge in [-0.1, -0.05) is 24.3 Å². The zero-order valence-electron chi connectivity index (χ0n) is 16.9. The van der Waals surface area contributed by atoms with E-state index < -0.39 is 11.6 Å². The van der Waals surface area contributed by atoms with Gasteiger partial charge in [-0.3, -0.25) is 0 Å². The maximum absolute atomic E-state index is 14.5. The number of nitrogens with one attached hydrogen (secondary N) is 1. The highest BCUT2D eigenvalue weighted by Gasteiger charge is 2.20. The van der Waals surface area contributed by atoms with Crippen molar-refractivity contribution < 1.29 is 13.9 Å². The predicted octanol–water partition coefficient (Wildman–Crippen LogP) is 5.30. The van der Waals surface area contributed by atoms with Crippen molar-refractivity contribution in [3.8, 4) is 28.1 Å². The Morgan fingerprint density at radius 2 is 1.90 bits per heavy atom. The van der Waals surface area contributed by atoms with Gasteiger partial charge in [-0.05, 0) is 68.8 Å². The van der Waals surface area contributed by atoms with Crippen LogP contribution in [0.5, 0.6) is 5.75 Å². The lowest BCUT2D eigenvalue weighted by Crippen LogP contribution is -2.27. The van der Waals surface area contributed by atoms with Gasteiger partial charge < -0.3 is 15.3 Å². The molecular formula is C24H25F2N3O. The van der Waals surface area contributed by atoms with Crippen LogP contribution in [0.25, 0.3) is 22.4 Å². The second-order valence-electron chi connectivity index (χ2n) is 7.74. The molecule has 2 heterocycles. The van der Waals surface area contributed by atoms with Gasteiger partial charge in [-0.15, -0.1) is 0 Å². The number of hydrogen-bond acceptors (Lipinski definition) is 4. The number of para-hydroxylation sites is 1. The number of halogens is 2. The Balaban J connectivity index is 1.67. The Labute approximate surface area is 175 Å². The summed E-state index contributed by atoms with van der Waals surface area (Å²) >= 11 is 0. The number of nitrogens with zero attached hydrogens (tertiary/aromatic N) is 2. The van der Waals surface area contributed by atoms with Crippen molar-refractivity contribution in [2.24, 2.45) is 0 Å². The number of hydrogen-bond donors (Lipinski definition) is 2. The molecule has 3 aromatic rings. The van der Waals surface area contributed by atoms with E-state index in [1.807, 2.05) is 0 Å². The van der Waals surface area contributed by atoms with Gasteiger partial charge >= 0.3 is 0 Å². The molecule has 1 aliphatic heterocycles. The molecule has 0 amide bonds. The van der Waals surface area contributed by atoms with Gasteiger partial charge in [0, 0.05) is 23.7 Å². The maximum atomic E-state index is 14.5. The van der Waals surface area contributed by atoms with Gasteiger partial charge in [0.1, 0.15) is 11.6 Å². The summed E-state index contributed by atoms with van der Waals surface area (Å²) in [6, 6.07) is 14.9. The van der Waals surface area contributed by atoms with Crippen molar-refractivity contribution >= 4 is 5.82 Å². The molecule has 4 rings (SSSR count). The first-order valence-corrected chi connectivity index (χ1v) is 10.2. The van der Waals surface area contributed by atoms with Crippen LogP contribution in [-0.4, -0.2) is 41.2 Å². The molecule has 0 saturated carbocycles. The van der Waals surface area contributed by atoms with Crippen molar-refractivity contribution in [3.05, 3.63) is 66.2 Å². The van der Waals surface area contributed by atoms with E-state index in [0.29, 0.717) is 28.7 Å². The molecule has 1 fully saturated rings. The summed E-state index contributed by atoms with van der Waals surface area (Å²) < 4.78 is 28.3. The first kappa shape index (κ1) is 20.3. The highest BCUT2D eigenvalue weighted by atomic mass is 19.2. The molecule has 0 bridgehead atoms. The minimum Gasteiger partial charge on any atom is -0.507 e. The quantitative estimate of drug-likeness (QED) is 0.580. The molecule has 30 heavy (non-hydrogen) atoms. The van der Waals surface area contributed by atoms with Crippen LogP contribution in [0.3, 0.4) is 0 Å². The van der Waals surface area contributed by atoms with Gasteiger partial charge in [0.15, 0.2) is 11.6 Å². The van der Waals surface area contributed by atoms with Gasteiger partial charge in [0.25, 0.3) is 0 Å². The molecule has 1 unspecified atom stereocenters. The summed E-state index contributed by atoms with van der Waals surface area (Å²) in [7, 11) is 2.14. The number of benzene rings is 2. The fourth-order valence-corrected chi connectivity index (χ4v) is 4.04. The van der Waals surface area contributed by atoms with E-state index in [2.05, 4.69) is 22.2 Å². The van der Waals surface area contributed by atoms with Crippen molar-refractivity contribution in [1.29, 1.82) is 0 Å². The van der Waals surface area contributed by atoms with Crippen LogP contribution in [0, 0.1) is 11.6 Å². The van der Waals surface area contributed by atoms with Crippen LogP contribution in [0.15, 0.2) is 54.6 Å².